The van der Waals surface area contributed by atoms with E-state index in [0.717, 1.165) is 30.8 Å². The van der Waals surface area contributed by atoms with E-state index < -0.39 is 0 Å². The van der Waals surface area contributed by atoms with Gasteiger partial charge in [-0.05, 0) is 53.0 Å². The minimum atomic E-state index is 0.118. The number of fused-ring (bicyclic) bond motifs is 1. The number of hydrogen-bond donors (Lipinski definition) is 1. The summed E-state index contributed by atoms with van der Waals surface area (Å²) < 4.78 is 5.20. The second-order valence-electron chi connectivity index (χ2n) is 9.48. The van der Waals surface area contributed by atoms with Crippen LogP contribution in [0.3, 0.4) is 0 Å². The van der Waals surface area contributed by atoms with Gasteiger partial charge in [0.05, 0.1) is 18.4 Å². The molecule has 2 aromatic carbocycles. The Morgan fingerprint density at radius 3 is 2.41 bits per heavy atom. The van der Waals surface area contributed by atoms with E-state index in [2.05, 4.69) is 67.5 Å². The van der Waals surface area contributed by atoms with E-state index in [0.29, 0.717) is 17.9 Å². The maximum absolute atomic E-state index is 12.7. The Bertz CT molecular complexity index is 1080. The van der Waals surface area contributed by atoms with Crippen molar-refractivity contribution in [1.29, 1.82) is 0 Å². The molecule has 0 spiro atoms. The fourth-order valence-corrected chi connectivity index (χ4v) is 4.13. The van der Waals surface area contributed by atoms with Crippen molar-refractivity contribution in [3.8, 4) is 5.75 Å². The number of carbonyl (C=O) groups is 1. The normalized spacial score (nSPS) is 15.9. The molecule has 1 heterocycles. The zero-order chi connectivity index (χ0) is 22.7. The van der Waals surface area contributed by atoms with E-state index in [1.807, 2.05) is 12.1 Å². The molecular weight excluding hydrogens is 398 g/mol. The molecule has 32 heavy (non-hydrogen) atoms. The Kier molecular flexibility index (Phi) is 6.26. The molecule has 1 aliphatic carbocycles. The predicted molar refractivity (Wildman–Crippen MR) is 128 cm³/mol. The molecule has 0 aliphatic heterocycles. The third-order valence-electron chi connectivity index (χ3n) is 6.14. The van der Waals surface area contributed by atoms with Crippen LogP contribution in [-0.2, 0) is 18.3 Å². The SMILES string of the molecule is COc1ccc(CCNc2ncc3c(n2)C[C@H](c2ccc(C(C)(C)C)cc2)CC3=O)cc1. The topological polar surface area (TPSA) is 64.1 Å². The summed E-state index contributed by atoms with van der Waals surface area (Å²) in [7, 11) is 1.67. The van der Waals surface area contributed by atoms with Crippen LogP contribution in [0.2, 0.25) is 0 Å². The van der Waals surface area contributed by atoms with Crippen LogP contribution >= 0.6 is 0 Å². The third-order valence-corrected chi connectivity index (χ3v) is 6.14. The lowest BCUT2D eigenvalue weighted by atomic mass is 9.80. The zero-order valence-corrected chi connectivity index (χ0v) is 19.3. The monoisotopic (exact) mass is 429 g/mol. The van der Waals surface area contributed by atoms with Crippen LogP contribution in [0.25, 0.3) is 0 Å². The van der Waals surface area contributed by atoms with Gasteiger partial charge in [0, 0.05) is 19.2 Å². The minimum Gasteiger partial charge on any atom is -0.497 e. The fourth-order valence-electron chi connectivity index (χ4n) is 4.13. The molecule has 0 radical (unpaired) electrons. The highest BCUT2D eigenvalue weighted by Gasteiger charge is 2.28. The molecule has 1 aliphatic rings. The first-order valence-electron chi connectivity index (χ1n) is 11.2. The number of anilines is 1. The molecule has 0 unspecified atom stereocenters. The quantitative estimate of drug-likeness (QED) is 0.572. The van der Waals surface area contributed by atoms with Crippen LogP contribution in [-0.4, -0.2) is 29.4 Å². The highest BCUT2D eigenvalue weighted by molar-refractivity contribution is 5.98. The van der Waals surface area contributed by atoms with Gasteiger partial charge in [0.1, 0.15) is 5.75 Å². The molecule has 1 N–H and O–H groups in total. The number of nitrogens with zero attached hydrogens (tertiary/aromatic N) is 2. The van der Waals surface area contributed by atoms with Crippen LogP contribution in [0.4, 0.5) is 5.95 Å². The summed E-state index contributed by atoms with van der Waals surface area (Å²) >= 11 is 0. The van der Waals surface area contributed by atoms with Crippen LogP contribution < -0.4 is 10.1 Å². The highest BCUT2D eigenvalue weighted by Crippen LogP contribution is 2.33. The number of carbonyl (C=O) groups excluding carboxylic acids is 1. The van der Waals surface area contributed by atoms with Crippen molar-refractivity contribution >= 4 is 11.7 Å². The van der Waals surface area contributed by atoms with E-state index in [1.165, 1.54) is 16.7 Å². The second kappa shape index (κ2) is 9.11. The molecular formula is C27H31N3O2. The van der Waals surface area contributed by atoms with Crippen molar-refractivity contribution in [2.45, 2.75) is 51.4 Å². The summed E-state index contributed by atoms with van der Waals surface area (Å²) in [5, 5.41) is 3.30. The first-order chi connectivity index (χ1) is 15.3. The largest absolute Gasteiger partial charge is 0.497 e. The van der Waals surface area contributed by atoms with Gasteiger partial charge in [0.25, 0.3) is 0 Å². The summed E-state index contributed by atoms with van der Waals surface area (Å²) in [6.45, 7) is 7.35. The Hall–Kier alpha value is -3.21. The van der Waals surface area contributed by atoms with Gasteiger partial charge in [-0.25, -0.2) is 9.97 Å². The number of Topliss-reactive ketones (excluding diaryl/α,β-unsaturated/α-hetero) is 1. The predicted octanol–water partition coefficient (Wildman–Crippen LogP) is 5.35. The van der Waals surface area contributed by atoms with Gasteiger partial charge in [0.15, 0.2) is 5.78 Å². The number of hydrogen-bond acceptors (Lipinski definition) is 5. The van der Waals surface area contributed by atoms with E-state index in [9.17, 15) is 4.79 Å². The van der Waals surface area contributed by atoms with Gasteiger partial charge in [-0.15, -0.1) is 0 Å². The van der Waals surface area contributed by atoms with Crippen molar-refractivity contribution in [3.63, 3.8) is 0 Å². The molecule has 0 saturated carbocycles. The lowest BCUT2D eigenvalue weighted by Gasteiger charge is -2.25. The molecule has 5 nitrogen and oxygen atoms in total. The number of aromatic nitrogens is 2. The highest BCUT2D eigenvalue weighted by atomic mass is 16.5. The summed E-state index contributed by atoms with van der Waals surface area (Å²) in [4.78, 5) is 21.8. The molecule has 1 atom stereocenters. The summed E-state index contributed by atoms with van der Waals surface area (Å²) in [6, 6.07) is 16.7. The molecule has 1 aromatic heterocycles. The fraction of sp³-hybridized carbons (Fsp3) is 0.370. The molecule has 0 amide bonds. The van der Waals surface area contributed by atoms with Gasteiger partial charge in [-0.1, -0.05) is 57.2 Å². The van der Waals surface area contributed by atoms with Gasteiger partial charge in [-0.2, -0.15) is 0 Å². The summed E-state index contributed by atoms with van der Waals surface area (Å²) in [6.07, 6.45) is 3.80. The third kappa shape index (κ3) is 4.98. The number of benzene rings is 2. The lowest BCUT2D eigenvalue weighted by molar-refractivity contribution is 0.0962. The standard InChI is InChI=1S/C27H31N3O2/c1-27(2,3)21-9-7-19(8-10-21)20-15-24-23(25(31)16-20)17-29-26(30-24)28-14-13-18-5-11-22(32-4)12-6-18/h5-12,17,20H,13-16H2,1-4H3,(H,28,29,30)/t20-/m0/s1. The summed E-state index contributed by atoms with van der Waals surface area (Å²) in [5.74, 6) is 1.72. The van der Waals surface area contributed by atoms with E-state index in [-0.39, 0.29) is 17.1 Å². The lowest BCUT2D eigenvalue weighted by Crippen LogP contribution is -2.22. The second-order valence-corrected chi connectivity index (χ2v) is 9.48. The van der Waals surface area contributed by atoms with E-state index in [4.69, 9.17) is 9.72 Å². The van der Waals surface area contributed by atoms with Crippen LogP contribution in [0, 0.1) is 0 Å². The summed E-state index contributed by atoms with van der Waals surface area (Å²) in [5.41, 5.74) is 5.33. The Morgan fingerprint density at radius 2 is 1.75 bits per heavy atom. The van der Waals surface area contributed by atoms with Crippen molar-refractivity contribution in [3.05, 3.63) is 82.7 Å². The van der Waals surface area contributed by atoms with Crippen molar-refractivity contribution in [2.75, 3.05) is 19.0 Å². The molecule has 5 heteroatoms. The van der Waals surface area contributed by atoms with Crippen LogP contribution in [0.5, 0.6) is 5.75 Å². The molecule has 0 fully saturated rings. The average molecular weight is 430 g/mol. The van der Waals surface area contributed by atoms with Gasteiger partial charge < -0.3 is 10.1 Å². The van der Waals surface area contributed by atoms with E-state index in [1.54, 1.807) is 13.3 Å². The van der Waals surface area contributed by atoms with Crippen LogP contribution in [0.15, 0.2) is 54.7 Å². The number of ether oxygens (including phenoxy) is 1. The number of ketones is 1. The van der Waals surface area contributed by atoms with Gasteiger partial charge in [-0.3, -0.25) is 4.79 Å². The molecule has 4 rings (SSSR count). The maximum Gasteiger partial charge on any atom is 0.222 e. The molecule has 0 bridgehead atoms. The van der Waals surface area contributed by atoms with Gasteiger partial charge in [0.2, 0.25) is 5.95 Å². The molecule has 0 saturated heterocycles. The Balaban J connectivity index is 1.43. The first-order valence-corrected chi connectivity index (χ1v) is 11.2. The van der Waals surface area contributed by atoms with Crippen LogP contribution in [0.1, 0.15) is 65.9 Å². The number of rotatable bonds is 6. The smallest absolute Gasteiger partial charge is 0.222 e. The van der Waals surface area contributed by atoms with Crippen molar-refractivity contribution < 1.29 is 9.53 Å². The molecule has 166 valence electrons. The average Bonchev–Trinajstić information content (AvgIpc) is 2.79. The first kappa shape index (κ1) is 22.0. The minimum absolute atomic E-state index is 0.118. The maximum atomic E-state index is 12.7. The van der Waals surface area contributed by atoms with E-state index >= 15 is 0 Å². The van der Waals surface area contributed by atoms with Crippen molar-refractivity contribution in [2.24, 2.45) is 0 Å². The zero-order valence-electron chi connectivity index (χ0n) is 19.3. The molecule has 3 aromatic rings. The van der Waals surface area contributed by atoms with Crippen molar-refractivity contribution in [1.82, 2.24) is 9.97 Å². The Morgan fingerprint density at radius 1 is 1.03 bits per heavy atom. The number of methoxy groups -OCH3 is 1. The Labute approximate surface area is 190 Å². The van der Waals surface area contributed by atoms with Gasteiger partial charge >= 0.3 is 0 Å². The number of nitrogens with one attached hydrogen (secondary N) is 1.